The van der Waals surface area contributed by atoms with E-state index >= 15 is 0 Å². The van der Waals surface area contributed by atoms with Gasteiger partial charge in [-0.05, 0) is 12.8 Å². The van der Waals surface area contributed by atoms with Crippen LogP contribution in [0.2, 0.25) is 0 Å². The predicted octanol–water partition coefficient (Wildman–Crippen LogP) is 0.608. The Balaban J connectivity index is 4.30. The van der Waals surface area contributed by atoms with Crippen molar-refractivity contribution in [2.24, 2.45) is 11.8 Å². The summed E-state index contributed by atoms with van der Waals surface area (Å²) in [6, 6.07) is 0. The zero-order valence-corrected chi connectivity index (χ0v) is 12.6. The Hall–Kier alpha value is -0.660. The molecule has 0 fully saturated rings. The largest absolute Gasteiger partial charge is 0.466 e. The lowest BCUT2D eigenvalue weighted by Crippen LogP contribution is -2.42. The molecule has 0 unspecified atom stereocenters. The van der Waals surface area contributed by atoms with E-state index in [2.05, 4.69) is 4.72 Å². The lowest BCUT2D eigenvalue weighted by molar-refractivity contribution is -0.147. The van der Waals surface area contributed by atoms with Crippen LogP contribution in [-0.4, -0.2) is 45.4 Å². The summed E-state index contributed by atoms with van der Waals surface area (Å²) in [6.07, 6.45) is 0. The first kappa shape index (κ1) is 17.3. The molecular formula is C11H24N2O4S. The fourth-order valence-electron chi connectivity index (χ4n) is 1.32. The number of hydrogen-bond donors (Lipinski definition) is 1. The number of esters is 1. The van der Waals surface area contributed by atoms with Gasteiger partial charge in [-0.25, -0.2) is 4.72 Å². The maximum absolute atomic E-state index is 11.8. The highest BCUT2D eigenvalue weighted by Gasteiger charge is 2.21. The summed E-state index contributed by atoms with van der Waals surface area (Å²) in [5.41, 5.74) is 0. The molecule has 0 saturated heterocycles. The summed E-state index contributed by atoms with van der Waals surface area (Å²) in [7, 11) is -2.01. The second kappa shape index (κ2) is 7.70. The van der Waals surface area contributed by atoms with Crippen LogP contribution in [0.4, 0.5) is 0 Å². The summed E-state index contributed by atoms with van der Waals surface area (Å²) < 4.78 is 32.1. The summed E-state index contributed by atoms with van der Waals surface area (Å²) in [6.45, 7) is 7.99. The van der Waals surface area contributed by atoms with Crippen molar-refractivity contribution in [3.05, 3.63) is 0 Å². The van der Waals surface area contributed by atoms with Crippen LogP contribution in [0.1, 0.15) is 27.7 Å². The molecule has 0 aliphatic heterocycles. The molecule has 1 N–H and O–H groups in total. The second-order valence-corrected chi connectivity index (χ2v) is 6.54. The molecule has 0 spiro atoms. The van der Waals surface area contributed by atoms with Crippen LogP contribution in [0.5, 0.6) is 0 Å². The third-order valence-corrected chi connectivity index (χ3v) is 3.79. The Kier molecular flexibility index (Phi) is 7.42. The van der Waals surface area contributed by atoms with Crippen molar-refractivity contribution in [3.63, 3.8) is 0 Å². The lowest BCUT2D eigenvalue weighted by Gasteiger charge is -2.20. The standard InChI is InChI=1S/C11H24N2O4S/c1-6-17-11(14)10(4)7-12-18(15,16)13(5)8-9(2)3/h9-10,12H,6-8H2,1-5H3/t10-/m1/s1. The van der Waals surface area contributed by atoms with Crippen LogP contribution in [0.15, 0.2) is 0 Å². The van der Waals surface area contributed by atoms with Crippen LogP contribution in [0, 0.1) is 11.8 Å². The third-order valence-electron chi connectivity index (χ3n) is 2.29. The SMILES string of the molecule is CCOC(=O)[C@H](C)CNS(=O)(=O)N(C)CC(C)C. The predicted molar refractivity (Wildman–Crippen MR) is 70.2 cm³/mol. The van der Waals surface area contributed by atoms with Gasteiger partial charge in [0, 0.05) is 20.1 Å². The summed E-state index contributed by atoms with van der Waals surface area (Å²) >= 11 is 0. The Bertz CT molecular complexity index is 354. The van der Waals surface area contributed by atoms with E-state index < -0.39 is 22.1 Å². The van der Waals surface area contributed by atoms with Gasteiger partial charge in [0.05, 0.1) is 12.5 Å². The Labute approximate surface area is 110 Å². The molecule has 0 saturated carbocycles. The Morgan fingerprint density at radius 2 is 1.89 bits per heavy atom. The first-order valence-electron chi connectivity index (χ1n) is 6.08. The quantitative estimate of drug-likeness (QED) is 0.661. The van der Waals surface area contributed by atoms with Gasteiger partial charge in [0.2, 0.25) is 0 Å². The van der Waals surface area contributed by atoms with Crippen LogP contribution in [0.3, 0.4) is 0 Å². The fourth-order valence-corrected chi connectivity index (χ4v) is 2.50. The average Bonchev–Trinajstić information content (AvgIpc) is 2.25. The van der Waals surface area contributed by atoms with Gasteiger partial charge >= 0.3 is 5.97 Å². The zero-order chi connectivity index (χ0) is 14.3. The molecule has 0 aromatic carbocycles. The van der Waals surface area contributed by atoms with Crippen molar-refractivity contribution in [2.75, 3.05) is 26.7 Å². The Morgan fingerprint density at radius 1 is 1.33 bits per heavy atom. The van der Waals surface area contributed by atoms with Gasteiger partial charge in [0.25, 0.3) is 10.2 Å². The van der Waals surface area contributed by atoms with Gasteiger partial charge in [-0.15, -0.1) is 0 Å². The van der Waals surface area contributed by atoms with Gasteiger partial charge in [-0.2, -0.15) is 12.7 Å². The van der Waals surface area contributed by atoms with E-state index in [-0.39, 0.29) is 12.5 Å². The number of carbonyl (C=O) groups excluding carboxylic acids is 1. The number of hydrogen-bond acceptors (Lipinski definition) is 4. The van der Waals surface area contributed by atoms with Crippen molar-refractivity contribution >= 4 is 16.2 Å². The molecule has 0 aliphatic rings. The maximum atomic E-state index is 11.8. The van der Waals surface area contributed by atoms with E-state index in [4.69, 9.17) is 4.74 Å². The molecule has 0 aromatic rings. The molecule has 0 heterocycles. The average molecular weight is 280 g/mol. The smallest absolute Gasteiger partial charge is 0.309 e. The monoisotopic (exact) mass is 280 g/mol. The highest BCUT2D eigenvalue weighted by molar-refractivity contribution is 7.87. The molecular weight excluding hydrogens is 256 g/mol. The zero-order valence-electron chi connectivity index (χ0n) is 11.8. The number of rotatable bonds is 8. The van der Waals surface area contributed by atoms with E-state index in [1.165, 1.54) is 11.4 Å². The summed E-state index contributed by atoms with van der Waals surface area (Å²) in [5, 5.41) is 0. The molecule has 1 atom stereocenters. The van der Waals surface area contributed by atoms with Gasteiger partial charge in [0.15, 0.2) is 0 Å². The molecule has 0 amide bonds. The topological polar surface area (TPSA) is 75.7 Å². The van der Waals surface area contributed by atoms with Gasteiger partial charge in [-0.1, -0.05) is 20.8 Å². The van der Waals surface area contributed by atoms with Gasteiger partial charge in [-0.3, -0.25) is 4.79 Å². The van der Waals surface area contributed by atoms with Crippen molar-refractivity contribution in [1.29, 1.82) is 0 Å². The van der Waals surface area contributed by atoms with E-state index in [9.17, 15) is 13.2 Å². The van der Waals surface area contributed by atoms with E-state index in [1.807, 2.05) is 13.8 Å². The minimum absolute atomic E-state index is 0.0452. The van der Waals surface area contributed by atoms with Gasteiger partial charge in [0.1, 0.15) is 0 Å². The molecule has 6 nitrogen and oxygen atoms in total. The lowest BCUT2D eigenvalue weighted by atomic mass is 10.2. The first-order valence-corrected chi connectivity index (χ1v) is 7.52. The second-order valence-electron chi connectivity index (χ2n) is 4.68. The van der Waals surface area contributed by atoms with E-state index in [1.54, 1.807) is 13.8 Å². The van der Waals surface area contributed by atoms with Crippen molar-refractivity contribution in [1.82, 2.24) is 9.03 Å². The fraction of sp³-hybridized carbons (Fsp3) is 0.909. The molecule has 0 aromatic heterocycles. The third kappa shape index (κ3) is 6.32. The summed E-state index contributed by atoms with van der Waals surface area (Å²) in [4.78, 5) is 11.3. The number of nitrogens with one attached hydrogen (secondary N) is 1. The highest BCUT2D eigenvalue weighted by atomic mass is 32.2. The minimum atomic E-state index is -3.52. The van der Waals surface area contributed by atoms with Crippen LogP contribution in [0.25, 0.3) is 0 Å². The molecule has 0 bridgehead atoms. The maximum Gasteiger partial charge on any atom is 0.309 e. The first-order chi connectivity index (χ1) is 8.20. The molecule has 18 heavy (non-hydrogen) atoms. The normalized spacial score (nSPS) is 13.9. The molecule has 0 radical (unpaired) electrons. The van der Waals surface area contributed by atoms with Crippen LogP contribution >= 0.6 is 0 Å². The van der Waals surface area contributed by atoms with Crippen molar-refractivity contribution in [3.8, 4) is 0 Å². The number of nitrogens with zero attached hydrogens (tertiary/aromatic N) is 1. The van der Waals surface area contributed by atoms with Crippen LogP contribution < -0.4 is 4.72 Å². The van der Waals surface area contributed by atoms with Crippen molar-refractivity contribution in [2.45, 2.75) is 27.7 Å². The van der Waals surface area contributed by atoms with Crippen LogP contribution in [-0.2, 0) is 19.7 Å². The molecule has 7 heteroatoms. The minimum Gasteiger partial charge on any atom is -0.466 e. The molecule has 0 rings (SSSR count). The Morgan fingerprint density at radius 3 is 2.33 bits per heavy atom. The summed E-state index contributed by atoms with van der Waals surface area (Å²) in [5.74, 6) is -0.645. The number of carbonyl (C=O) groups is 1. The molecule has 0 aliphatic carbocycles. The molecule has 108 valence electrons. The van der Waals surface area contributed by atoms with Crippen molar-refractivity contribution < 1.29 is 17.9 Å². The van der Waals surface area contributed by atoms with E-state index in [0.717, 1.165) is 0 Å². The van der Waals surface area contributed by atoms with Gasteiger partial charge < -0.3 is 4.74 Å². The number of ether oxygens (including phenoxy) is 1. The van der Waals surface area contributed by atoms with E-state index in [0.29, 0.717) is 13.2 Å². The highest BCUT2D eigenvalue weighted by Crippen LogP contribution is 2.03.